The van der Waals surface area contributed by atoms with Gasteiger partial charge in [-0.25, -0.2) is 0 Å². The number of halogens is 2. The molecule has 0 spiro atoms. The standard InChI is InChI=1S/C18H18Cl2N2OS/c19-11-1-4-13(15(20)9-11)18-14-6-8-24-16(14)5-7-22(18)17(23)10-21-12-2-3-12/h1,4,6,8-9,12,18,21H,2-3,5,7,10H2/t18-/m1/s1. The van der Waals surface area contributed by atoms with Crippen molar-refractivity contribution in [1.29, 1.82) is 0 Å². The lowest BCUT2D eigenvalue weighted by Gasteiger charge is -2.37. The minimum Gasteiger partial charge on any atom is -0.330 e. The molecule has 3 nitrogen and oxygen atoms in total. The van der Waals surface area contributed by atoms with E-state index in [2.05, 4.69) is 16.8 Å². The summed E-state index contributed by atoms with van der Waals surface area (Å²) in [6.45, 7) is 1.12. The fraction of sp³-hybridized carbons (Fsp3) is 0.389. The number of hydrogen-bond donors (Lipinski definition) is 1. The highest BCUT2D eigenvalue weighted by atomic mass is 35.5. The van der Waals surface area contributed by atoms with E-state index >= 15 is 0 Å². The Morgan fingerprint density at radius 1 is 1.25 bits per heavy atom. The van der Waals surface area contributed by atoms with Crippen LogP contribution >= 0.6 is 34.5 Å². The molecule has 1 aromatic carbocycles. The van der Waals surface area contributed by atoms with Gasteiger partial charge in [0.2, 0.25) is 5.91 Å². The van der Waals surface area contributed by atoms with Crippen LogP contribution in [0.3, 0.4) is 0 Å². The molecule has 1 fully saturated rings. The van der Waals surface area contributed by atoms with Gasteiger partial charge in [0, 0.05) is 27.5 Å². The van der Waals surface area contributed by atoms with Gasteiger partial charge < -0.3 is 10.2 Å². The molecule has 24 heavy (non-hydrogen) atoms. The summed E-state index contributed by atoms with van der Waals surface area (Å²) in [5.74, 6) is 0.134. The molecule has 0 bridgehead atoms. The zero-order valence-electron chi connectivity index (χ0n) is 13.1. The fourth-order valence-corrected chi connectivity index (χ4v) is 4.68. The largest absolute Gasteiger partial charge is 0.330 e. The van der Waals surface area contributed by atoms with E-state index in [1.807, 2.05) is 17.0 Å². The number of nitrogens with one attached hydrogen (secondary N) is 1. The number of fused-ring (bicyclic) bond motifs is 1. The molecular weight excluding hydrogens is 363 g/mol. The SMILES string of the molecule is O=C(CNC1CC1)N1CCc2sccc2[C@H]1c1ccc(Cl)cc1Cl. The number of amides is 1. The Kier molecular flexibility index (Phi) is 4.56. The van der Waals surface area contributed by atoms with Crippen LogP contribution in [-0.2, 0) is 11.2 Å². The molecule has 1 N–H and O–H groups in total. The number of carbonyl (C=O) groups excluding carboxylic acids is 1. The van der Waals surface area contributed by atoms with Gasteiger partial charge >= 0.3 is 0 Å². The quantitative estimate of drug-likeness (QED) is 0.858. The van der Waals surface area contributed by atoms with Gasteiger partial charge in [-0.15, -0.1) is 11.3 Å². The van der Waals surface area contributed by atoms with Crippen LogP contribution in [-0.4, -0.2) is 29.9 Å². The first-order chi connectivity index (χ1) is 11.6. The van der Waals surface area contributed by atoms with Crippen molar-refractivity contribution in [2.45, 2.75) is 31.3 Å². The maximum absolute atomic E-state index is 12.8. The Balaban J connectivity index is 1.68. The minimum absolute atomic E-state index is 0.127. The van der Waals surface area contributed by atoms with Crippen LogP contribution in [0.2, 0.25) is 10.0 Å². The summed E-state index contributed by atoms with van der Waals surface area (Å²) in [5, 5.41) is 6.64. The Bertz CT molecular complexity index is 772. The number of thiophene rings is 1. The molecule has 1 atom stereocenters. The van der Waals surface area contributed by atoms with Gasteiger partial charge in [0.1, 0.15) is 0 Å². The lowest BCUT2D eigenvalue weighted by molar-refractivity contribution is -0.132. The average molecular weight is 381 g/mol. The fourth-order valence-electron chi connectivity index (χ4n) is 3.26. The van der Waals surface area contributed by atoms with Crippen molar-refractivity contribution in [2.75, 3.05) is 13.1 Å². The van der Waals surface area contributed by atoms with Gasteiger partial charge in [-0.2, -0.15) is 0 Å². The summed E-state index contributed by atoms with van der Waals surface area (Å²) in [6, 6.07) is 8.05. The second-order valence-corrected chi connectivity index (χ2v) is 8.20. The van der Waals surface area contributed by atoms with E-state index in [1.54, 1.807) is 17.4 Å². The minimum atomic E-state index is -0.127. The Labute approximate surface area is 155 Å². The molecule has 6 heteroatoms. The summed E-state index contributed by atoms with van der Waals surface area (Å²) in [6.07, 6.45) is 3.26. The number of rotatable bonds is 4. The molecule has 1 saturated carbocycles. The summed E-state index contributed by atoms with van der Waals surface area (Å²) in [4.78, 5) is 16.1. The zero-order chi connectivity index (χ0) is 16.7. The van der Waals surface area contributed by atoms with Crippen LogP contribution in [0.15, 0.2) is 29.6 Å². The van der Waals surface area contributed by atoms with Gasteiger partial charge in [-0.3, -0.25) is 4.79 Å². The van der Waals surface area contributed by atoms with Crippen LogP contribution in [0.4, 0.5) is 0 Å². The third-order valence-electron chi connectivity index (χ3n) is 4.66. The summed E-state index contributed by atoms with van der Waals surface area (Å²) in [5.41, 5.74) is 2.13. The highest BCUT2D eigenvalue weighted by Gasteiger charge is 2.34. The summed E-state index contributed by atoms with van der Waals surface area (Å²) < 4.78 is 0. The highest BCUT2D eigenvalue weighted by Crippen LogP contribution is 2.40. The smallest absolute Gasteiger partial charge is 0.237 e. The molecule has 2 heterocycles. The third-order valence-corrected chi connectivity index (χ3v) is 6.22. The molecule has 0 radical (unpaired) electrons. The van der Waals surface area contributed by atoms with E-state index in [0.717, 1.165) is 18.5 Å². The molecule has 2 aromatic rings. The molecule has 1 aromatic heterocycles. The molecule has 2 aliphatic rings. The maximum Gasteiger partial charge on any atom is 0.237 e. The van der Waals surface area contributed by atoms with Crippen molar-refractivity contribution >= 4 is 40.4 Å². The molecule has 0 saturated heterocycles. The Hall–Kier alpha value is -1.07. The molecule has 0 unspecified atom stereocenters. The first kappa shape index (κ1) is 16.4. The predicted octanol–water partition coefficient (Wildman–Crippen LogP) is 4.28. The second-order valence-electron chi connectivity index (χ2n) is 6.36. The predicted molar refractivity (Wildman–Crippen MR) is 99.1 cm³/mol. The van der Waals surface area contributed by atoms with E-state index in [4.69, 9.17) is 23.2 Å². The summed E-state index contributed by atoms with van der Waals surface area (Å²) in [7, 11) is 0. The molecule has 126 valence electrons. The first-order valence-corrected chi connectivity index (χ1v) is 9.81. The normalized spacial score (nSPS) is 20.1. The van der Waals surface area contributed by atoms with Gasteiger partial charge in [-0.1, -0.05) is 29.3 Å². The molecule has 1 amide bonds. The lowest BCUT2D eigenvalue weighted by Crippen LogP contribution is -2.44. The van der Waals surface area contributed by atoms with Crippen LogP contribution in [0, 0.1) is 0 Å². The second kappa shape index (κ2) is 6.68. The Morgan fingerprint density at radius 3 is 2.83 bits per heavy atom. The zero-order valence-corrected chi connectivity index (χ0v) is 15.4. The van der Waals surface area contributed by atoms with Crippen molar-refractivity contribution in [3.63, 3.8) is 0 Å². The van der Waals surface area contributed by atoms with Crippen LogP contribution in [0.25, 0.3) is 0 Å². The molecular formula is C18H18Cl2N2OS. The topological polar surface area (TPSA) is 32.3 Å². The van der Waals surface area contributed by atoms with E-state index in [0.29, 0.717) is 22.6 Å². The highest BCUT2D eigenvalue weighted by molar-refractivity contribution is 7.10. The maximum atomic E-state index is 12.8. The van der Waals surface area contributed by atoms with Crippen LogP contribution in [0.1, 0.15) is 34.9 Å². The van der Waals surface area contributed by atoms with E-state index in [1.165, 1.54) is 23.3 Å². The molecule has 1 aliphatic carbocycles. The van der Waals surface area contributed by atoms with Crippen molar-refractivity contribution < 1.29 is 4.79 Å². The van der Waals surface area contributed by atoms with Gasteiger partial charge in [0.05, 0.1) is 12.6 Å². The number of benzene rings is 1. The molecule has 1 aliphatic heterocycles. The summed E-state index contributed by atoms with van der Waals surface area (Å²) >= 11 is 14.3. The Morgan fingerprint density at radius 2 is 2.08 bits per heavy atom. The molecule has 4 rings (SSSR count). The van der Waals surface area contributed by atoms with Crippen molar-refractivity contribution in [3.05, 3.63) is 55.7 Å². The number of nitrogens with zero attached hydrogens (tertiary/aromatic N) is 1. The van der Waals surface area contributed by atoms with Crippen molar-refractivity contribution in [1.82, 2.24) is 10.2 Å². The average Bonchev–Trinajstić information content (AvgIpc) is 3.27. The number of carbonyl (C=O) groups is 1. The van der Waals surface area contributed by atoms with E-state index < -0.39 is 0 Å². The van der Waals surface area contributed by atoms with Crippen molar-refractivity contribution in [3.8, 4) is 0 Å². The van der Waals surface area contributed by atoms with Crippen molar-refractivity contribution in [2.24, 2.45) is 0 Å². The lowest BCUT2D eigenvalue weighted by atomic mass is 9.93. The van der Waals surface area contributed by atoms with Crippen LogP contribution in [0.5, 0.6) is 0 Å². The van der Waals surface area contributed by atoms with Gasteiger partial charge in [-0.05, 0) is 54.0 Å². The van der Waals surface area contributed by atoms with E-state index in [-0.39, 0.29) is 11.9 Å². The van der Waals surface area contributed by atoms with Gasteiger partial charge in [0.15, 0.2) is 0 Å². The first-order valence-electron chi connectivity index (χ1n) is 8.17. The van der Waals surface area contributed by atoms with Crippen LogP contribution < -0.4 is 5.32 Å². The monoisotopic (exact) mass is 380 g/mol. The van der Waals surface area contributed by atoms with Gasteiger partial charge in [0.25, 0.3) is 0 Å². The number of hydrogen-bond acceptors (Lipinski definition) is 3. The van der Waals surface area contributed by atoms with E-state index in [9.17, 15) is 4.79 Å². The third kappa shape index (κ3) is 3.21.